The number of carbonyl (C=O) groups is 1. The van der Waals surface area contributed by atoms with Gasteiger partial charge in [0.05, 0.1) is 25.6 Å². The zero-order valence-corrected chi connectivity index (χ0v) is 19.1. The van der Waals surface area contributed by atoms with Crippen molar-refractivity contribution in [1.82, 2.24) is 4.90 Å². The summed E-state index contributed by atoms with van der Waals surface area (Å²) in [6.07, 6.45) is 3.35. The van der Waals surface area contributed by atoms with Crippen LogP contribution in [0.2, 0.25) is 0 Å². The summed E-state index contributed by atoms with van der Waals surface area (Å²) in [4.78, 5) is 14.8. The molecule has 0 spiro atoms. The molecule has 5 nitrogen and oxygen atoms in total. The number of methoxy groups -OCH3 is 1. The zero-order valence-electron chi connectivity index (χ0n) is 19.1. The van der Waals surface area contributed by atoms with Gasteiger partial charge in [-0.05, 0) is 57.0 Å². The van der Waals surface area contributed by atoms with Crippen LogP contribution in [0.25, 0.3) is 27.7 Å². The van der Waals surface area contributed by atoms with Gasteiger partial charge in [0.25, 0.3) is 0 Å². The van der Waals surface area contributed by atoms with Crippen LogP contribution < -0.4 is 4.74 Å². The average molecular weight is 438 g/mol. The van der Waals surface area contributed by atoms with Crippen molar-refractivity contribution >= 4 is 22.4 Å². The number of amides is 1. The highest BCUT2D eigenvalue weighted by Gasteiger charge is 2.25. The molecule has 4 rings (SSSR count). The molecule has 0 bridgehead atoms. The Kier molecular flexibility index (Phi) is 6.07. The van der Waals surface area contributed by atoms with Crippen LogP contribution in [0.1, 0.15) is 31.9 Å². The summed E-state index contributed by atoms with van der Waals surface area (Å²) in [6.45, 7) is 8.93. The molecule has 2 heterocycles. The van der Waals surface area contributed by atoms with Crippen molar-refractivity contribution in [3.63, 3.8) is 0 Å². The van der Waals surface area contributed by atoms with Crippen LogP contribution >= 0.6 is 0 Å². The fourth-order valence-corrected chi connectivity index (χ4v) is 4.44. The predicted octanol–water partition coefficient (Wildman–Crippen LogP) is 5.60. The van der Waals surface area contributed by atoms with Gasteiger partial charge >= 0.3 is 0 Å². The Bertz CT molecular complexity index is 1170. The van der Waals surface area contributed by atoms with E-state index < -0.39 is 0 Å². The van der Waals surface area contributed by atoms with Crippen molar-refractivity contribution in [3.8, 4) is 16.9 Å². The highest BCUT2D eigenvalue weighted by Crippen LogP contribution is 2.40. The van der Waals surface area contributed by atoms with Crippen molar-refractivity contribution in [2.24, 2.45) is 0 Å². The van der Waals surface area contributed by atoms with Crippen LogP contribution in [0.4, 0.5) is 4.39 Å². The molecule has 1 aliphatic heterocycles. The fraction of sp³-hybridized carbons (Fsp3) is 0.346. The van der Waals surface area contributed by atoms with Gasteiger partial charge < -0.3 is 18.8 Å². The number of carbonyl (C=O) groups excluding carboxylic acids is 1. The molecule has 1 fully saturated rings. The monoisotopic (exact) mass is 437 g/mol. The molecule has 2 aromatic carbocycles. The Morgan fingerprint density at radius 1 is 1.19 bits per heavy atom. The molecule has 1 saturated heterocycles. The first-order valence-corrected chi connectivity index (χ1v) is 10.8. The number of hydrogen-bond donors (Lipinski definition) is 0. The molecule has 0 radical (unpaired) electrons. The van der Waals surface area contributed by atoms with Gasteiger partial charge in [0, 0.05) is 41.2 Å². The van der Waals surface area contributed by atoms with E-state index in [1.807, 2.05) is 38.7 Å². The van der Waals surface area contributed by atoms with Gasteiger partial charge in [-0.2, -0.15) is 0 Å². The number of aryl methyl sites for hydroxylation is 1. The number of morpholine rings is 1. The maximum Gasteiger partial charge on any atom is 0.247 e. The van der Waals surface area contributed by atoms with Crippen molar-refractivity contribution in [2.75, 3.05) is 20.2 Å². The average Bonchev–Trinajstić information content (AvgIpc) is 3.17. The number of hydrogen-bond acceptors (Lipinski definition) is 4. The summed E-state index contributed by atoms with van der Waals surface area (Å²) in [5, 5.41) is 0.888. The van der Waals surface area contributed by atoms with E-state index in [2.05, 4.69) is 0 Å². The number of furan rings is 1. The molecule has 0 saturated carbocycles. The fourth-order valence-electron chi connectivity index (χ4n) is 4.44. The predicted molar refractivity (Wildman–Crippen MR) is 123 cm³/mol. The maximum absolute atomic E-state index is 13.4. The molecule has 1 amide bonds. The standard InChI is InChI=1S/C26H28FNO4/c1-15(10-24(29)28-12-16(2)32-17(3)13-28)21-11-22-23(19-6-8-20(27)9-7-19)14-31-26(22)18(4)25(21)30-5/h6-11,14,16-17H,12-13H2,1-5H3/b15-10+. The third kappa shape index (κ3) is 4.15. The largest absolute Gasteiger partial charge is 0.496 e. The Morgan fingerprint density at radius 3 is 2.47 bits per heavy atom. The molecule has 32 heavy (non-hydrogen) atoms. The van der Waals surface area contributed by atoms with Crippen LogP contribution in [0, 0.1) is 12.7 Å². The lowest BCUT2D eigenvalue weighted by Crippen LogP contribution is -2.47. The summed E-state index contributed by atoms with van der Waals surface area (Å²) in [7, 11) is 1.61. The number of ether oxygens (including phenoxy) is 2. The number of allylic oxidation sites excluding steroid dienone is 1. The second kappa shape index (κ2) is 8.79. The van der Waals surface area contributed by atoms with E-state index in [1.165, 1.54) is 12.1 Å². The van der Waals surface area contributed by atoms with E-state index in [-0.39, 0.29) is 23.9 Å². The molecule has 0 aliphatic carbocycles. The van der Waals surface area contributed by atoms with Crippen LogP contribution in [0.3, 0.4) is 0 Å². The molecule has 3 aromatic rings. The number of benzene rings is 2. The lowest BCUT2D eigenvalue weighted by Gasteiger charge is -2.34. The van der Waals surface area contributed by atoms with Gasteiger partial charge in [-0.3, -0.25) is 4.79 Å². The van der Waals surface area contributed by atoms with Crippen LogP contribution in [-0.2, 0) is 9.53 Å². The number of fused-ring (bicyclic) bond motifs is 1. The number of halogens is 1. The van der Waals surface area contributed by atoms with Gasteiger partial charge in [-0.1, -0.05) is 12.1 Å². The van der Waals surface area contributed by atoms with E-state index in [1.54, 1.807) is 31.6 Å². The first-order chi connectivity index (χ1) is 15.3. The molecule has 2 unspecified atom stereocenters. The van der Waals surface area contributed by atoms with Crippen molar-refractivity contribution < 1.29 is 23.1 Å². The smallest absolute Gasteiger partial charge is 0.247 e. The highest BCUT2D eigenvalue weighted by atomic mass is 19.1. The second-order valence-electron chi connectivity index (χ2n) is 8.44. The second-order valence-corrected chi connectivity index (χ2v) is 8.44. The highest BCUT2D eigenvalue weighted by molar-refractivity contribution is 6.01. The molecule has 2 atom stereocenters. The third-order valence-electron chi connectivity index (χ3n) is 5.90. The zero-order chi connectivity index (χ0) is 23.0. The number of rotatable bonds is 4. The molecule has 168 valence electrons. The minimum atomic E-state index is -0.288. The molecule has 0 N–H and O–H groups in total. The molecule has 6 heteroatoms. The summed E-state index contributed by atoms with van der Waals surface area (Å²) < 4.78 is 30.7. The van der Waals surface area contributed by atoms with Crippen LogP contribution in [0.5, 0.6) is 5.75 Å². The van der Waals surface area contributed by atoms with Gasteiger partial charge in [0.15, 0.2) is 0 Å². The minimum Gasteiger partial charge on any atom is -0.496 e. The molecule has 1 aromatic heterocycles. The quantitative estimate of drug-likeness (QED) is 0.499. The molecule has 1 aliphatic rings. The van der Waals surface area contributed by atoms with Crippen molar-refractivity contribution in [3.05, 3.63) is 59.6 Å². The maximum atomic E-state index is 13.4. The lowest BCUT2D eigenvalue weighted by atomic mass is 9.96. The van der Waals surface area contributed by atoms with E-state index in [0.29, 0.717) is 24.4 Å². The lowest BCUT2D eigenvalue weighted by molar-refractivity contribution is -0.137. The van der Waals surface area contributed by atoms with Crippen molar-refractivity contribution in [2.45, 2.75) is 39.9 Å². The Balaban J connectivity index is 1.77. The summed E-state index contributed by atoms with van der Waals surface area (Å²) in [6, 6.07) is 8.30. The van der Waals surface area contributed by atoms with Gasteiger partial charge in [0.1, 0.15) is 17.1 Å². The Labute approximate surface area is 187 Å². The van der Waals surface area contributed by atoms with Gasteiger partial charge in [-0.15, -0.1) is 0 Å². The third-order valence-corrected chi connectivity index (χ3v) is 5.90. The Hall–Kier alpha value is -3.12. The van der Waals surface area contributed by atoms with Crippen LogP contribution in [0.15, 0.2) is 47.1 Å². The summed E-state index contributed by atoms with van der Waals surface area (Å²) in [5.74, 6) is 0.335. The Morgan fingerprint density at radius 2 is 1.84 bits per heavy atom. The first-order valence-electron chi connectivity index (χ1n) is 10.8. The summed E-state index contributed by atoms with van der Waals surface area (Å²) >= 11 is 0. The number of nitrogens with zero attached hydrogens (tertiary/aromatic N) is 1. The topological polar surface area (TPSA) is 51.9 Å². The minimum absolute atomic E-state index is 0.00809. The molecular weight excluding hydrogens is 409 g/mol. The van der Waals surface area contributed by atoms with E-state index in [9.17, 15) is 9.18 Å². The normalized spacial score (nSPS) is 19.4. The van der Waals surface area contributed by atoms with E-state index in [0.717, 1.165) is 33.2 Å². The van der Waals surface area contributed by atoms with Gasteiger partial charge in [-0.25, -0.2) is 4.39 Å². The van der Waals surface area contributed by atoms with Crippen LogP contribution in [-0.4, -0.2) is 43.2 Å². The summed E-state index contributed by atoms with van der Waals surface area (Å²) in [5.41, 5.74) is 4.90. The van der Waals surface area contributed by atoms with E-state index in [4.69, 9.17) is 13.9 Å². The van der Waals surface area contributed by atoms with E-state index >= 15 is 0 Å². The first kappa shape index (κ1) is 22.1. The van der Waals surface area contributed by atoms with Crippen molar-refractivity contribution in [1.29, 1.82) is 0 Å². The van der Waals surface area contributed by atoms with Gasteiger partial charge in [0.2, 0.25) is 5.91 Å². The SMILES string of the molecule is COc1c(/C(C)=C/C(=O)N2CC(C)OC(C)C2)cc2c(-c3ccc(F)cc3)coc2c1C. The molecular formula is C26H28FNO4.